The van der Waals surface area contributed by atoms with E-state index in [9.17, 15) is 9.59 Å². The third kappa shape index (κ3) is 8.42. The van der Waals surface area contributed by atoms with Gasteiger partial charge in [-0.3, -0.25) is 9.59 Å². The molecule has 6 heteroatoms. The molecule has 0 unspecified atom stereocenters. The van der Waals surface area contributed by atoms with Gasteiger partial charge in [-0.1, -0.05) is 32.0 Å². The van der Waals surface area contributed by atoms with Gasteiger partial charge < -0.3 is 20.3 Å². The van der Waals surface area contributed by atoms with E-state index in [1.165, 1.54) is 0 Å². The summed E-state index contributed by atoms with van der Waals surface area (Å²) < 4.78 is 5.63. The van der Waals surface area contributed by atoms with Gasteiger partial charge in [-0.05, 0) is 62.6 Å². The smallest absolute Gasteiger partial charge is 0.253 e. The average molecular weight is 426 g/mol. The number of anilines is 1. The van der Waals surface area contributed by atoms with E-state index in [1.807, 2.05) is 43.0 Å². The van der Waals surface area contributed by atoms with Crippen molar-refractivity contribution in [3.05, 3.63) is 59.7 Å². The maximum Gasteiger partial charge on any atom is 0.253 e. The predicted molar refractivity (Wildman–Crippen MR) is 125 cm³/mol. The fourth-order valence-electron chi connectivity index (χ4n) is 3.25. The van der Waals surface area contributed by atoms with E-state index in [0.29, 0.717) is 17.8 Å². The zero-order valence-electron chi connectivity index (χ0n) is 19.1. The second-order valence-electron chi connectivity index (χ2n) is 7.84. The van der Waals surface area contributed by atoms with Crippen molar-refractivity contribution in [2.24, 2.45) is 0 Å². The largest absolute Gasteiger partial charge is 0.491 e. The van der Waals surface area contributed by atoms with Gasteiger partial charge in [0.1, 0.15) is 5.75 Å². The molecule has 6 nitrogen and oxygen atoms in total. The summed E-state index contributed by atoms with van der Waals surface area (Å²) in [4.78, 5) is 26.9. The number of carbonyl (C=O) groups excluding carboxylic acids is 2. The number of rotatable bonds is 12. The molecule has 2 aromatic rings. The number of hydrogen-bond acceptors (Lipinski definition) is 4. The highest BCUT2D eigenvalue weighted by Gasteiger charge is 2.15. The molecule has 2 N–H and O–H groups in total. The summed E-state index contributed by atoms with van der Waals surface area (Å²) in [5, 5.41) is 6.01. The number of amides is 2. The van der Waals surface area contributed by atoms with E-state index in [1.54, 1.807) is 24.3 Å². The summed E-state index contributed by atoms with van der Waals surface area (Å²) in [6, 6.07) is 15.0. The molecule has 0 radical (unpaired) electrons. The van der Waals surface area contributed by atoms with Crippen LogP contribution in [-0.2, 0) is 11.3 Å². The Labute approximate surface area is 186 Å². The van der Waals surface area contributed by atoms with Crippen LogP contribution >= 0.6 is 0 Å². The lowest BCUT2D eigenvalue weighted by atomic mass is 10.1. The lowest BCUT2D eigenvalue weighted by molar-refractivity contribution is -0.115. The normalized spacial score (nSPS) is 10.7. The summed E-state index contributed by atoms with van der Waals surface area (Å²) in [5.74, 6) is 0.688. The quantitative estimate of drug-likeness (QED) is 0.527. The minimum atomic E-state index is -0.150. The van der Waals surface area contributed by atoms with E-state index >= 15 is 0 Å². The molecule has 0 saturated heterocycles. The standard InChI is InChI=1S/C25H35N3O3/c1-5-14-28(15-6-2)25(30)21-8-7-9-22(16-21)27-24(29)18-26-17-20-10-12-23(13-11-20)31-19(3)4/h7-13,16,19,26H,5-6,14-15,17-18H2,1-4H3,(H,27,29). The first-order valence-corrected chi connectivity index (χ1v) is 11.1. The molecule has 0 aliphatic carbocycles. The molecular formula is C25H35N3O3. The summed E-state index contributed by atoms with van der Waals surface area (Å²) >= 11 is 0. The Bertz CT molecular complexity index is 828. The first-order chi connectivity index (χ1) is 14.9. The van der Waals surface area contributed by atoms with Crippen LogP contribution < -0.4 is 15.4 Å². The summed E-state index contributed by atoms with van der Waals surface area (Å²) in [6.07, 6.45) is 1.98. The Morgan fingerprint density at radius 3 is 2.29 bits per heavy atom. The predicted octanol–water partition coefficient (Wildman–Crippen LogP) is 4.46. The van der Waals surface area contributed by atoms with Crippen LogP contribution in [0.2, 0.25) is 0 Å². The molecule has 0 aliphatic heterocycles. The Hall–Kier alpha value is -2.86. The van der Waals surface area contributed by atoms with E-state index in [0.717, 1.165) is 37.2 Å². The van der Waals surface area contributed by atoms with Gasteiger partial charge in [0, 0.05) is 30.9 Å². The monoisotopic (exact) mass is 425 g/mol. The van der Waals surface area contributed by atoms with Crippen LogP contribution in [0, 0.1) is 0 Å². The van der Waals surface area contributed by atoms with E-state index in [4.69, 9.17) is 4.74 Å². The van der Waals surface area contributed by atoms with Crippen molar-refractivity contribution < 1.29 is 14.3 Å². The highest BCUT2D eigenvalue weighted by molar-refractivity contribution is 5.97. The van der Waals surface area contributed by atoms with Gasteiger partial charge in [-0.15, -0.1) is 0 Å². The molecule has 0 spiro atoms. The maximum atomic E-state index is 12.8. The molecule has 0 saturated carbocycles. The SMILES string of the molecule is CCCN(CCC)C(=O)c1cccc(NC(=O)CNCc2ccc(OC(C)C)cc2)c1. The minimum Gasteiger partial charge on any atom is -0.491 e. The van der Waals surface area contributed by atoms with Crippen molar-refractivity contribution in [2.75, 3.05) is 25.0 Å². The summed E-state index contributed by atoms with van der Waals surface area (Å²) in [6.45, 7) is 10.3. The fraction of sp³-hybridized carbons (Fsp3) is 0.440. The lowest BCUT2D eigenvalue weighted by Crippen LogP contribution is -2.32. The topological polar surface area (TPSA) is 70.7 Å². The summed E-state index contributed by atoms with van der Waals surface area (Å²) in [7, 11) is 0. The third-order valence-corrected chi connectivity index (χ3v) is 4.58. The first-order valence-electron chi connectivity index (χ1n) is 11.1. The van der Waals surface area contributed by atoms with Crippen molar-refractivity contribution >= 4 is 17.5 Å². The van der Waals surface area contributed by atoms with Crippen LogP contribution in [0.3, 0.4) is 0 Å². The van der Waals surface area contributed by atoms with Crippen molar-refractivity contribution in [2.45, 2.75) is 53.2 Å². The molecule has 2 amide bonds. The van der Waals surface area contributed by atoms with Crippen LogP contribution in [-0.4, -0.2) is 42.5 Å². The van der Waals surface area contributed by atoms with Crippen molar-refractivity contribution in [1.82, 2.24) is 10.2 Å². The fourth-order valence-corrected chi connectivity index (χ4v) is 3.25. The molecule has 0 heterocycles. The van der Waals surface area contributed by atoms with Crippen molar-refractivity contribution in [1.29, 1.82) is 0 Å². The van der Waals surface area contributed by atoms with Gasteiger partial charge >= 0.3 is 0 Å². The van der Waals surface area contributed by atoms with Crippen LogP contribution in [0.1, 0.15) is 56.5 Å². The number of nitrogens with one attached hydrogen (secondary N) is 2. The number of ether oxygens (including phenoxy) is 1. The van der Waals surface area contributed by atoms with Crippen LogP contribution in [0.15, 0.2) is 48.5 Å². The van der Waals surface area contributed by atoms with Gasteiger partial charge in [0.25, 0.3) is 5.91 Å². The zero-order valence-corrected chi connectivity index (χ0v) is 19.1. The second-order valence-corrected chi connectivity index (χ2v) is 7.84. The van der Waals surface area contributed by atoms with Crippen LogP contribution in [0.4, 0.5) is 5.69 Å². The highest BCUT2D eigenvalue weighted by atomic mass is 16.5. The Kier molecular flexibility index (Phi) is 10.0. The molecule has 0 aliphatic rings. The van der Waals surface area contributed by atoms with E-state index in [-0.39, 0.29) is 24.5 Å². The Morgan fingerprint density at radius 1 is 1.00 bits per heavy atom. The number of nitrogens with zero attached hydrogens (tertiary/aromatic N) is 1. The molecule has 2 aromatic carbocycles. The van der Waals surface area contributed by atoms with Gasteiger partial charge in [0.15, 0.2) is 0 Å². The van der Waals surface area contributed by atoms with Gasteiger partial charge in [-0.2, -0.15) is 0 Å². The van der Waals surface area contributed by atoms with Gasteiger partial charge in [0.2, 0.25) is 5.91 Å². The van der Waals surface area contributed by atoms with E-state index < -0.39 is 0 Å². The average Bonchev–Trinajstić information content (AvgIpc) is 2.74. The van der Waals surface area contributed by atoms with Crippen LogP contribution in [0.5, 0.6) is 5.75 Å². The Balaban J connectivity index is 1.85. The second kappa shape index (κ2) is 12.7. The van der Waals surface area contributed by atoms with Gasteiger partial charge in [0.05, 0.1) is 12.6 Å². The Morgan fingerprint density at radius 2 is 1.68 bits per heavy atom. The summed E-state index contributed by atoms with van der Waals surface area (Å²) in [5.41, 5.74) is 2.29. The molecule has 0 fully saturated rings. The first kappa shape index (κ1) is 24.4. The lowest BCUT2D eigenvalue weighted by Gasteiger charge is -2.21. The molecule has 0 atom stereocenters. The number of benzene rings is 2. The number of carbonyl (C=O) groups is 2. The molecule has 0 aromatic heterocycles. The molecule has 168 valence electrons. The zero-order chi connectivity index (χ0) is 22.6. The van der Waals surface area contributed by atoms with Gasteiger partial charge in [-0.25, -0.2) is 0 Å². The highest BCUT2D eigenvalue weighted by Crippen LogP contribution is 2.15. The third-order valence-electron chi connectivity index (χ3n) is 4.58. The number of hydrogen-bond donors (Lipinski definition) is 2. The molecule has 2 rings (SSSR count). The minimum absolute atomic E-state index is 0.00261. The molecule has 31 heavy (non-hydrogen) atoms. The van der Waals surface area contributed by atoms with Crippen molar-refractivity contribution in [3.63, 3.8) is 0 Å². The molecule has 0 bridgehead atoms. The van der Waals surface area contributed by atoms with Crippen LogP contribution in [0.25, 0.3) is 0 Å². The van der Waals surface area contributed by atoms with Crippen molar-refractivity contribution in [3.8, 4) is 5.75 Å². The maximum absolute atomic E-state index is 12.8. The molecular weight excluding hydrogens is 390 g/mol. The van der Waals surface area contributed by atoms with E-state index in [2.05, 4.69) is 24.5 Å².